The Morgan fingerprint density at radius 3 is 2.40 bits per heavy atom. The van der Waals surface area contributed by atoms with Crippen molar-refractivity contribution in [2.75, 3.05) is 26.1 Å². The molecule has 1 amide bonds. The molecule has 7 nitrogen and oxygen atoms in total. The van der Waals surface area contributed by atoms with Crippen molar-refractivity contribution in [3.8, 4) is 17.2 Å². The van der Waals surface area contributed by atoms with E-state index in [-0.39, 0.29) is 28.3 Å². The minimum atomic E-state index is -0.280. The number of para-hydroxylation sites is 1. The molecule has 0 radical (unpaired) electrons. The van der Waals surface area contributed by atoms with Crippen LogP contribution in [-0.2, 0) is 11.3 Å². The Balaban J connectivity index is 2.03. The van der Waals surface area contributed by atoms with E-state index in [1.807, 2.05) is 18.2 Å². The molecule has 160 valence electrons. The lowest BCUT2D eigenvalue weighted by molar-refractivity contribution is -0.111. The zero-order chi connectivity index (χ0) is 22.1. The van der Waals surface area contributed by atoms with Gasteiger partial charge in [0.05, 0.1) is 26.5 Å². The number of rotatable bonds is 10. The summed E-state index contributed by atoms with van der Waals surface area (Å²) in [6.45, 7) is 5.78. The molecule has 0 aliphatic heterocycles. The molecule has 0 bridgehead atoms. The van der Waals surface area contributed by atoms with Gasteiger partial charge in [-0.1, -0.05) is 48.0 Å². The van der Waals surface area contributed by atoms with Crippen LogP contribution in [0.15, 0.2) is 48.1 Å². The third-order valence-corrected chi connectivity index (χ3v) is 4.67. The van der Waals surface area contributed by atoms with Crippen LogP contribution < -0.4 is 25.0 Å². The number of benzene rings is 2. The number of ether oxygens (including phenoxy) is 3. The molecule has 2 N–H and O–H groups in total. The predicted molar refractivity (Wildman–Crippen MR) is 120 cm³/mol. The summed E-state index contributed by atoms with van der Waals surface area (Å²) in [5.74, 6) is 0.747. The fraction of sp³-hybridized carbons (Fsp3) is 0.238. The fourth-order valence-corrected chi connectivity index (χ4v) is 3.05. The molecule has 30 heavy (non-hydrogen) atoms. The first-order chi connectivity index (χ1) is 14.4. The summed E-state index contributed by atoms with van der Waals surface area (Å²) in [6.07, 6.45) is 1.22. The third kappa shape index (κ3) is 6.05. The number of nitrogens with one attached hydrogen (secondary N) is 2. The van der Waals surface area contributed by atoms with Gasteiger partial charge in [0.2, 0.25) is 5.91 Å². The maximum absolute atomic E-state index is 11.5. The van der Waals surface area contributed by atoms with Crippen LogP contribution in [0, 0.1) is 0 Å². The van der Waals surface area contributed by atoms with Gasteiger partial charge in [-0.05, 0) is 24.6 Å². The minimum Gasteiger partial charge on any atom is -0.495 e. The Kier molecular flexibility index (Phi) is 8.83. The normalized spacial score (nSPS) is 10.9. The van der Waals surface area contributed by atoms with Gasteiger partial charge in [0.25, 0.3) is 0 Å². The van der Waals surface area contributed by atoms with Crippen molar-refractivity contribution >= 4 is 40.5 Å². The highest BCUT2D eigenvalue weighted by Gasteiger charge is 2.18. The van der Waals surface area contributed by atoms with Gasteiger partial charge in [0.1, 0.15) is 28.2 Å². The highest BCUT2D eigenvalue weighted by molar-refractivity contribution is 6.39. The molecule has 0 saturated carbocycles. The van der Waals surface area contributed by atoms with Gasteiger partial charge in [-0.3, -0.25) is 4.79 Å². The molecule has 2 aromatic rings. The van der Waals surface area contributed by atoms with Gasteiger partial charge in [-0.15, -0.1) is 0 Å². The molecule has 0 aliphatic carbocycles. The van der Waals surface area contributed by atoms with Crippen molar-refractivity contribution in [1.82, 2.24) is 5.43 Å². The van der Waals surface area contributed by atoms with Gasteiger partial charge in [-0.2, -0.15) is 5.10 Å². The van der Waals surface area contributed by atoms with Crippen molar-refractivity contribution in [3.05, 3.63) is 58.6 Å². The molecule has 0 aromatic heterocycles. The molecule has 0 fully saturated rings. The van der Waals surface area contributed by atoms with E-state index in [2.05, 4.69) is 22.4 Å². The Bertz CT molecular complexity index is 920. The van der Waals surface area contributed by atoms with E-state index in [0.29, 0.717) is 29.4 Å². The Hall–Kier alpha value is -2.90. The van der Waals surface area contributed by atoms with Crippen LogP contribution >= 0.6 is 23.2 Å². The molecule has 0 unspecified atom stereocenters. The number of hydrogen-bond acceptors (Lipinski definition) is 6. The lowest BCUT2D eigenvalue weighted by Gasteiger charge is -2.15. The lowest BCUT2D eigenvalue weighted by Crippen LogP contribution is -2.16. The zero-order valence-electron chi connectivity index (χ0n) is 16.9. The molecule has 9 heteroatoms. The lowest BCUT2D eigenvalue weighted by atomic mass is 10.2. The summed E-state index contributed by atoms with van der Waals surface area (Å²) in [5, 5.41) is 7.53. The molecule has 0 aliphatic rings. The average molecular weight is 452 g/mol. The predicted octanol–water partition coefficient (Wildman–Crippen LogP) is 4.68. The summed E-state index contributed by atoms with van der Waals surface area (Å²) < 4.78 is 16.2. The van der Waals surface area contributed by atoms with Crippen LogP contribution in [0.4, 0.5) is 5.69 Å². The smallest absolute Gasteiger partial charge is 0.247 e. The number of anilines is 1. The van der Waals surface area contributed by atoms with E-state index in [1.165, 1.54) is 20.3 Å². The fourth-order valence-electron chi connectivity index (χ4n) is 2.44. The van der Waals surface area contributed by atoms with Gasteiger partial charge in [-0.25, -0.2) is 0 Å². The van der Waals surface area contributed by atoms with Crippen molar-refractivity contribution in [2.45, 2.75) is 13.5 Å². The number of hydrazone groups is 1. The maximum atomic E-state index is 11.5. The number of carbonyl (C=O) groups excluding carboxylic acids is 1. The molecule has 0 atom stereocenters. The van der Waals surface area contributed by atoms with Gasteiger partial charge < -0.3 is 25.0 Å². The average Bonchev–Trinajstić information content (AvgIpc) is 2.75. The number of amides is 1. The highest BCUT2D eigenvalue weighted by Crippen LogP contribution is 2.45. The third-order valence-electron chi connectivity index (χ3n) is 3.96. The number of methoxy groups -OCH3 is 2. The van der Waals surface area contributed by atoms with Crippen LogP contribution in [0.1, 0.15) is 12.5 Å². The topological polar surface area (TPSA) is 81.2 Å². The SMILES string of the molecule is C=CC(=O)Nc1ccccc1CN/N=C(\C)COc1c(Cl)c(OC)cc(OC)c1Cl. The van der Waals surface area contributed by atoms with Crippen molar-refractivity contribution < 1.29 is 19.0 Å². The van der Waals surface area contributed by atoms with E-state index in [0.717, 1.165) is 5.56 Å². The van der Waals surface area contributed by atoms with Crippen molar-refractivity contribution in [2.24, 2.45) is 5.10 Å². The first kappa shape index (κ1) is 23.4. The summed E-state index contributed by atoms with van der Waals surface area (Å²) in [5.41, 5.74) is 5.16. The molecular weight excluding hydrogens is 429 g/mol. The van der Waals surface area contributed by atoms with Crippen LogP contribution in [0.5, 0.6) is 17.2 Å². The van der Waals surface area contributed by atoms with Crippen LogP contribution in [0.3, 0.4) is 0 Å². The molecule has 0 spiro atoms. The van der Waals surface area contributed by atoms with Crippen molar-refractivity contribution in [3.63, 3.8) is 0 Å². The molecule has 0 saturated heterocycles. The summed E-state index contributed by atoms with van der Waals surface area (Å²) in [4.78, 5) is 11.5. The Labute approximate surface area is 185 Å². The monoisotopic (exact) mass is 451 g/mol. The largest absolute Gasteiger partial charge is 0.495 e. The van der Waals surface area contributed by atoms with Gasteiger partial charge >= 0.3 is 0 Å². The standard InChI is InChI=1S/C21H23Cl2N3O4/c1-5-18(27)25-15-9-7-6-8-14(15)11-24-26-13(2)12-30-21-19(22)16(28-3)10-17(29-4)20(21)23/h5-10,24H,1,11-12H2,2-4H3,(H,25,27)/b26-13+. The minimum absolute atomic E-state index is 0.137. The van der Waals surface area contributed by atoms with Crippen LogP contribution in [0.25, 0.3) is 0 Å². The molecule has 0 heterocycles. The molecular formula is C21H23Cl2N3O4. The van der Waals surface area contributed by atoms with E-state index < -0.39 is 0 Å². The van der Waals surface area contributed by atoms with E-state index in [4.69, 9.17) is 37.4 Å². The van der Waals surface area contributed by atoms with Crippen LogP contribution in [0.2, 0.25) is 10.0 Å². The first-order valence-electron chi connectivity index (χ1n) is 8.91. The van der Waals surface area contributed by atoms with E-state index in [1.54, 1.807) is 19.1 Å². The first-order valence-corrected chi connectivity index (χ1v) is 9.67. The number of carbonyl (C=O) groups is 1. The maximum Gasteiger partial charge on any atom is 0.247 e. The van der Waals surface area contributed by atoms with Gasteiger partial charge in [0.15, 0.2) is 5.75 Å². The summed E-state index contributed by atoms with van der Waals surface area (Å²) in [6, 6.07) is 8.98. The Morgan fingerprint density at radius 1 is 1.17 bits per heavy atom. The molecule has 2 rings (SSSR count). The van der Waals surface area contributed by atoms with Crippen LogP contribution in [-0.4, -0.2) is 32.4 Å². The van der Waals surface area contributed by atoms with Crippen molar-refractivity contribution in [1.29, 1.82) is 0 Å². The Morgan fingerprint density at radius 2 is 1.80 bits per heavy atom. The number of nitrogens with zero attached hydrogens (tertiary/aromatic N) is 1. The number of halogens is 2. The second-order valence-corrected chi connectivity index (χ2v) is 6.82. The number of hydrogen-bond donors (Lipinski definition) is 2. The summed E-state index contributed by atoms with van der Waals surface area (Å²) >= 11 is 12.6. The summed E-state index contributed by atoms with van der Waals surface area (Å²) in [7, 11) is 2.98. The highest BCUT2D eigenvalue weighted by atomic mass is 35.5. The zero-order valence-corrected chi connectivity index (χ0v) is 18.4. The van der Waals surface area contributed by atoms with E-state index >= 15 is 0 Å². The molecule has 2 aromatic carbocycles. The van der Waals surface area contributed by atoms with Gasteiger partial charge in [0, 0.05) is 11.8 Å². The van der Waals surface area contributed by atoms with E-state index in [9.17, 15) is 4.79 Å². The second-order valence-electron chi connectivity index (χ2n) is 6.06. The quantitative estimate of drug-likeness (QED) is 0.311. The second kappa shape index (κ2) is 11.3.